The molecule has 1 aromatic heterocycles. The summed E-state index contributed by atoms with van der Waals surface area (Å²) < 4.78 is 0. The Hall–Kier alpha value is -2.17. The molecule has 1 amide bonds. The number of hydrogen-bond acceptors (Lipinski definition) is 3. The first-order chi connectivity index (χ1) is 10.8. The van der Waals surface area contributed by atoms with Gasteiger partial charge in [-0.1, -0.05) is 30.3 Å². The van der Waals surface area contributed by atoms with E-state index in [1.54, 1.807) is 0 Å². The van der Waals surface area contributed by atoms with Crippen LogP contribution in [-0.4, -0.2) is 39.1 Å². The molecule has 1 aliphatic heterocycles. The Bertz CT molecular complexity index is 608. The van der Waals surface area contributed by atoms with Crippen LogP contribution in [0.15, 0.2) is 30.3 Å². The van der Waals surface area contributed by atoms with E-state index in [-0.39, 0.29) is 0 Å². The highest BCUT2D eigenvalue weighted by atomic mass is 16.2. The lowest BCUT2D eigenvalue weighted by Crippen LogP contribution is -2.36. The van der Waals surface area contributed by atoms with E-state index >= 15 is 0 Å². The van der Waals surface area contributed by atoms with Crippen LogP contribution >= 0.6 is 0 Å². The summed E-state index contributed by atoms with van der Waals surface area (Å²) in [4.78, 5) is 18.2. The van der Waals surface area contributed by atoms with E-state index in [1.807, 2.05) is 23.1 Å². The second-order valence-corrected chi connectivity index (χ2v) is 5.80. The smallest absolute Gasteiger partial charge is 0.222 e. The SMILES string of the molecule is O=C1CCCCN1CCCc1n[nH]c(Cc2ccccc2)n1. The number of likely N-dealkylation sites (tertiary alicyclic amines) is 1. The average Bonchev–Trinajstić information content (AvgIpc) is 2.98. The summed E-state index contributed by atoms with van der Waals surface area (Å²) in [5.41, 5.74) is 1.23. The summed E-state index contributed by atoms with van der Waals surface area (Å²) in [6, 6.07) is 10.2. The van der Waals surface area contributed by atoms with Crippen LogP contribution in [0, 0.1) is 0 Å². The Morgan fingerprint density at radius 2 is 2.05 bits per heavy atom. The molecular weight excluding hydrogens is 276 g/mol. The summed E-state index contributed by atoms with van der Waals surface area (Å²) in [6.07, 6.45) is 5.40. The lowest BCUT2D eigenvalue weighted by atomic mass is 10.1. The Balaban J connectivity index is 1.46. The summed E-state index contributed by atoms with van der Waals surface area (Å²) in [5.74, 6) is 2.04. The van der Waals surface area contributed by atoms with Crippen LogP contribution in [0.2, 0.25) is 0 Å². The number of amides is 1. The van der Waals surface area contributed by atoms with Crippen LogP contribution in [0.1, 0.15) is 42.9 Å². The molecule has 2 heterocycles. The zero-order valence-electron chi connectivity index (χ0n) is 12.8. The van der Waals surface area contributed by atoms with Gasteiger partial charge < -0.3 is 4.90 Å². The maximum absolute atomic E-state index is 11.7. The minimum absolute atomic E-state index is 0.297. The first-order valence-corrected chi connectivity index (χ1v) is 8.03. The second-order valence-electron chi connectivity index (χ2n) is 5.80. The van der Waals surface area contributed by atoms with E-state index in [9.17, 15) is 4.79 Å². The molecule has 5 nitrogen and oxygen atoms in total. The van der Waals surface area contributed by atoms with Gasteiger partial charge in [0.05, 0.1) is 0 Å². The third kappa shape index (κ3) is 3.93. The molecule has 3 rings (SSSR count). The van der Waals surface area contributed by atoms with Gasteiger partial charge in [0, 0.05) is 32.4 Å². The zero-order chi connectivity index (χ0) is 15.2. The van der Waals surface area contributed by atoms with Crippen molar-refractivity contribution in [1.29, 1.82) is 0 Å². The minimum Gasteiger partial charge on any atom is -0.343 e. The molecule has 5 heteroatoms. The monoisotopic (exact) mass is 298 g/mol. The van der Waals surface area contributed by atoms with E-state index in [2.05, 4.69) is 27.3 Å². The Morgan fingerprint density at radius 1 is 1.18 bits per heavy atom. The molecule has 1 N–H and O–H groups in total. The minimum atomic E-state index is 0.297. The normalized spacial score (nSPS) is 15.3. The molecular formula is C17H22N4O. The topological polar surface area (TPSA) is 61.9 Å². The first kappa shape index (κ1) is 14.8. The fourth-order valence-electron chi connectivity index (χ4n) is 2.84. The summed E-state index contributed by atoms with van der Waals surface area (Å²) in [7, 11) is 0. The Kier molecular flexibility index (Phi) is 4.83. The molecule has 0 unspecified atom stereocenters. The number of nitrogens with zero attached hydrogens (tertiary/aromatic N) is 3. The van der Waals surface area contributed by atoms with E-state index < -0.39 is 0 Å². The molecule has 1 fully saturated rings. The molecule has 1 aromatic carbocycles. The van der Waals surface area contributed by atoms with Crippen molar-refractivity contribution >= 4 is 5.91 Å². The van der Waals surface area contributed by atoms with Crippen LogP contribution in [0.3, 0.4) is 0 Å². The fraction of sp³-hybridized carbons (Fsp3) is 0.471. The third-order valence-corrected chi connectivity index (χ3v) is 4.04. The average molecular weight is 298 g/mol. The Labute approximate surface area is 130 Å². The molecule has 22 heavy (non-hydrogen) atoms. The van der Waals surface area contributed by atoms with Gasteiger partial charge in [0.25, 0.3) is 0 Å². The highest BCUT2D eigenvalue weighted by Crippen LogP contribution is 2.11. The van der Waals surface area contributed by atoms with Crippen molar-refractivity contribution in [1.82, 2.24) is 20.1 Å². The van der Waals surface area contributed by atoms with Crippen molar-refractivity contribution in [2.75, 3.05) is 13.1 Å². The molecule has 116 valence electrons. The van der Waals surface area contributed by atoms with Gasteiger partial charge in [0.15, 0.2) is 5.82 Å². The molecule has 0 spiro atoms. The summed E-state index contributed by atoms with van der Waals surface area (Å²) in [5, 5.41) is 7.28. The number of nitrogens with one attached hydrogen (secondary N) is 1. The molecule has 0 atom stereocenters. The van der Waals surface area contributed by atoms with E-state index in [1.165, 1.54) is 5.56 Å². The highest BCUT2D eigenvalue weighted by molar-refractivity contribution is 5.76. The van der Waals surface area contributed by atoms with E-state index in [4.69, 9.17) is 0 Å². The fourth-order valence-corrected chi connectivity index (χ4v) is 2.84. The predicted molar refractivity (Wildman–Crippen MR) is 84.4 cm³/mol. The van der Waals surface area contributed by atoms with Crippen molar-refractivity contribution in [3.8, 4) is 0 Å². The van der Waals surface area contributed by atoms with Gasteiger partial charge in [-0.3, -0.25) is 9.89 Å². The highest BCUT2D eigenvalue weighted by Gasteiger charge is 2.17. The third-order valence-electron chi connectivity index (χ3n) is 4.04. The largest absolute Gasteiger partial charge is 0.343 e. The number of hydrogen-bond donors (Lipinski definition) is 1. The number of piperidine rings is 1. The van der Waals surface area contributed by atoms with Crippen molar-refractivity contribution in [3.05, 3.63) is 47.5 Å². The number of aryl methyl sites for hydroxylation is 1. The summed E-state index contributed by atoms with van der Waals surface area (Å²) in [6.45, 7) is 1.73. The van der Waals surface area contributed by atoms with Crippen molar-refractivity contribution in [2.45, 2.75) is 38.5 Å². The van der Waals surface area contributed by atoms with Gasteiger partial charge in [-0.25, -0.2) is 4.98 Å². The van der Waals surface area contributed by atoms with Gasteiger partial charge in [-0.15, -0.1) is 0 Å². The lowest BCUT2D eigenvalue weighted by molar-refractivity contribution is -0.133. The van der Waals surface area contributed by atoms with Gasteiger partial charge in [-0.2, -0.15) is 5.10 Å². The number of carbonyl (C=O) groups is 1. The quantitative estimate of drug-likeness (QED) is 0.890. The predicted octanol–water partition coefficient (Wildman–Crippen LogP) is 2.34. The number of aromatic nitrogens is 3. The van der Waals surface area contributed by atoms with E-state index in [0.717, 1.165) is 56.8 Å². The number of aromatic amines is 1. The lowest BCUT2D eigenvalue weighted by Gasteiger charge is -2.26. The number of carbonyl (C=O) groups excluding carboxylic acids is 1. The van der Waals surface area contributed by atoms with Crippen molar-refractivity contribution in [3.63, 3.8) is 0 Å². The van der Waals surface area contributed by atoms with Crippen molar-refractivity contribution < 1.29 is 4.79 Å². The first-order valence-electron chi connectivity index (χ1n) is 8.03. The van der Waals surface area contributed by atoms with Gasteiger partial charge >= 0.3 is 0 Å². The van der Waals surface area contributed by atoms with Crippen molar-refractivity contribution in [2.24, 2.45) is 0 Å². The van der Waals surface area contributed by atoms with Crippen LogP contribution in [0.25, 0.3) is 0 Å². The molecule has 1 aliphatic rings. The van der Waals surface area contributed by atoms with Crippen LogP contribution < -0.4 is 0 Å². The van der Waals surface area contributed by atoms with Gasteiger partial charge in [-0.05, 0) is 24.8 Å². The molecule has 0 bridgehead atoms. The maximum Gasteiger partial charge on any atom is 0.222 e. The van der Waals surface area contributed by atoms with Crippen LogP contribution in [-0.2, 0) is 17.6 Å². The van der Waals surface area contributed by atoms with Gasteiger partial charge in [0.1, 0.15) is 5.82 Å². The summed E-state index contributed by atoms with van der Waals surface area (Å²) >= 11 is 0. The molecule has 2 aromatic rings. The van der Waals surface area contributed by atoms with Crippen LogP contribution in [0.5, 0.6) is 0 Å². The number of H-pyrrole nitrogens is 1. The molecule has 0 radical (unpaired) electrons. The Morgan fingerprint density at radius 3 is 2.86 bits per heavy atom. The zero-order valence-corrected chi connectivity index (χ0v) is 12.8. The second kappa shape index (κ2) is 7.20. The molecule has 1 saturated heterocycles. The standard InChI is InChI=1S/C17H22N4O/c22-17-10-4-5-11-21(17)12-6-9-15-18-16(20-19-15)13-14-7-2-1-3-8-14/h1-3,7-8H,4-6,9-13H2,(H,18,19,20). The maximum atomic E-state index is 11.7. The molecule has 0 aliphatic carbocycles. The van der Waals surface area contributed by atoms with Crippen LogP contribution in [0.4, 0.5) is 0 Å². The van der Waals surface area contributed by atoms with Gasteiger partial charge in [0.2, 0.25) is 5.91 Å². The molecule has 0 saturated carbocycles. The number of benzene rings is 1. The number of rotatable bonds is 6. The van der Waals surface area contributed by atoms with E-state index in [0.29, 0.717) is 12.3 Å².